The number of anilines is 1. The maximum Gasteiger partial charge on any atom is 0.340 e. The second-order valence-corrected chi connectivity index (χ2v) is 9.42. The fourth-order valence-corrected chi connectivity index (χ4v) is 4.52. The summed E-state index contributed by atoms with van der Waals surface area (Å²) in [6.45, 7) is 0. The summed E-state index contributed by atoms with van der Waals surface area (Å²) in [6.07, 6.45) is -1.18. The Kier molecular flexibility index (Phi) is 7.47. The van der Waals surface area contributed by atoms with Crippen molar-refractivity contribution in [2.75, 3.05) is 12.4 Å². The van der Waals surface area contributed by atoms with Crippen LogP contribution in [-0.2, 0) is 9.53 Å². The summed E-state index contributed by atoms with van der Waals surface area (Å²) in [5.74, 6) is -0.516. The van der Waals surface area contributed by atoms with Gasteiger partial charge in [0.2, 0.25) is 6.10 Å². The van der Waals surface area contributed by atoms with Crippen LogP contribution in [0.3, 0.4) is 0 Å². The van der Waals surface area contributed by atoms with E-state index in [1.807, 2.05) is 54.6 Å². The predicted molar refractivity (Wildman–Crippen MR) is 151 cm³/mol. The van der Waals surface area contributed by atoms with E-state index in [1.54, 1.807) is 61.7 Å². The van der Waals surface area contributed by atoms with E-state index in [9.17, 15) is 9.59 Å². The molecule has 1 atom stereocenters. The van der Waals surface area contributed by atoms with Gasteiger partial charge in [0.1, 0.15) is 5.75 Å². The van der Waals surface area contributed by atoms with Crippen LogP contribution in [0.4, 0.5) is 5.69 Å². The number of fused-ring (bicyclic) bond motifs is 1. The van der Waals surface area contributed by atoms with Gasteiger partial charge in [0, 0.05) is 32.7 Å². The smallest absolute Gasteiger partial charge is 0.340 e. The van der Waals surface area contributed by atoms with Crippen molar-refractivity contribution < 1.29 is 19.1 Å². The van der Waals surface area contributed by atoms with Crippen molar-refractivity contribution in [3.8, 4) is 17.0 Å². The number of carbonyl (C=O) groups is 2. The minimum atomic E-state index is -1.18. The van der Waals surface area contributed by atoms with Gasteiger partial charge in [0.05, 0.1) is 23.9 Å². The van der Waals surface area contributed by atoms with Gasteiger partial charge in [-0.3, -0.25) is 4.79 Å². The number of halogens is 1. The van der Waals surface area contributed by atoms with E-state index < -0.39 is 18.0 Å². The fourth-order valence-electron chi connectivity index (χ4n) is 4.12. The standard InChI is InChI=1S/C31H23BrN2O4/c1-37-24-14-8-13-23(18-24)33-30(35)29(20-9-3-2-4-10-20)38-31(36)26-19-28(21-11-7-12-22(32)17-21)34-27-16-6-5-15-25(26)27/h2-19,29H,1H3,(H,33,35). The first-order chi connectivity index (χ1) is 18.5. The van der Waals surface area contributed by atoms with Crippen LogP contribution in [0, 0.1) is 0 Å². The van der Waals surface area contributed by atoms with Gasteiger partial charge >= 0.3 is 5.97 Å². The lowest BCUT2D eigenvalue weighted by molar-refractivity contribution is -0.125. The molecule has 1 amide bonds. The van der Waals surface area contributed by atoms with Gasteiger partial charge in [-0.25, -0.2) is 9.78 Å². The van der Waals surface area contributed by atoms with Crippen molar-refractivity contribution in [1.29, 1.82) is 0 Å². The van der Waals surface area contributed by atoms with Gasteiger partial charge in [-0.2, -0.15) is 0 Å². The Bertz CT molecular complexity index is 1620. The van der Waals surface area contributed by atoms with Crippen LogP contribution in [-0.4, -0.2) is 24.0 Å². The Balaban J connectivity index is 1.52. The van der Waals surface area contributed by atoms with E-state index in [0.29, 0.717) is 39.2 Å². The zero-order chi connectivity index (χ0) is 26.5. The van der Waals surface area contributed by atoms with E-state index in [1.165, 1.54) is 0 Å². The van der Waals surface area contributed by atoms with Crippen molar-refractivity contribution in [2.24, 2.45) is 0 Å². The number of esters is 1. The summed E-state index contributed by atoms with van der Waals surface area (Å²) >= 11 is 3.50. The van der Waals surface area contributed by atoms with Crippen LogP contribution in [0.15, 0.2) is 114 Å². The minimum absolute atomic E-state index is 0.320. The van der Waals surface area contributed by atoms with E-state index in [2.05, 4.69) is 21.2 Å². The second kappa shape index (κ2) is 11.3. The first-order valence-electron chi connectivity index (χ1n) is 11.9. The first kappa shape index (κ1) is 25.2. The molecule has 0 aliphatic heterocycles. The molecule has 1 aromatic heterocycles. The Morgan fingerprint density at radius 1 is 0.842 bits per heavy atom. The van der Waals surface area contributed by atoms with E-state index in [4.69, 9.17) is 14.5 Å². The summed E-state index contributed by atoms with van der Waals surface area (Å²) in [7, 11) is 1.55. The van der Waals surface area contributed by atoms with Gasteiger partial charge < -0.3 is 14.8 Å². The third-order valence-electron chi connectivity index (χ3n) is 5.96. The summed E-state index contributed by atoms with van der Waals surface area (Å²) in [6, 6.07) is 32.7. The maximum absolute atomic E-state index is 13.7. The molecule has 188 valence electrons. The van der Waals surface area contributed by atoms with Crippen molar-refractivity contribution >= 4 is 44.4 Å². The monoisotopic (exact) mass is 566 g/mol. The number of amides is 1. The number of rotatable bonds is 7. The predicted octanol–water partition coefficient (Wildman–Crippen LogP) is 7.21. The number of methoxy groups -OCH3 is 1. The molecule has 1 unspecified atom stereocenters. The quantitative estimate of drug-likeness (QED) is 0.210. The molecule has 0 fully saturated rings. The molecule has 5 rings (SSSR count). The highest BCUT2D eigenvalue weighted by molar-refractivity contribution is 9.10. The van der Waals surface area contributed by atoms with Crippen LogP contribution in [0.25, 0.3) is 22.2 Å². The molecule has 1 heterocycles. The average Bonchev–Trinajstić information content (AvgIpc) is 2.95. The number of benzene rings is 4. The largest absolute Gasteiger partial charge is 0.497 e. The van der Waals surface area contributed by atoms with Gasteiger partial charge in [0.25, 0.3) is 5.91 Å². The molecule has 4 aromatic carbocycles. The van der Waals surface area contributed by atoms with Gasteiger partial charge in [0.15, 0.2) is 0 Å². The van der Waals surface area contributed by atoms with Gasteiger partial charge in [-0.1, -0.05) is 82.7 Å². The molecule has 0 radical (unpaired) electrons. The van der Waals surface area contributed by atoms with Gasteiger partial charge in [-0.15, -0.1) is 0 Å². The average molecular weight is 567 g/mol. The van der Waals surface area contributed by atoms with E-state index in [0.717, 1.165) is 10.0 Å². The normalized spacial score (nSPS) is 11.5. The lowest BCUT2D eigenvalue weighted by atomic mass is 10.0. The Labute approximate surface area is 228 Å². The Morgan fingerprint density at radius 3 is 2.39 bits per heavy atom. The highest BCUT2D eigenvalue weighted by Gasteiger charge is 2.27. The number of ether oxygens (including phenoxy) is 2. The molecule has 1 N–H and O–H groups in total. The van der Waals surface area contributed by atoms with Crippen LogP contribution in [0.5, 0.6) is 5.75 Å². The van der Waals surface area contributed by atoms with Gasteiger partial charge in [-0.05, 0) is 36.4 Å². The Morgan fingerprint density at radius 2 is 1.61 bits per heavy atom. The molecule has 7 heteroatoms. The van der Waals surface area contributed by atoms with E-state index >= 15 is 0 Å². The molecule has 6 nitrogen and oxygen atoms in total. The third kappa shape index (κ3) is 5.58. The molecule has 0 saturated heterocycles. The van der Waals surface area contributed by atoms with Crippen molar-refractivity contribution in [3.63, 3.8) is 0 Å². The fraction of sp³-hybridized carbons (Fsp3) is 0.0645. The summed E-state index contributed by atoms with van der Waals surface area (Å²) in [5, 5.41) is 3.47. The topological polar surface area (TPSA) is 77.5 Å². The van der Waals surface area contributed by atoms with E-state index in [-0.39, 0.29) is 0 Å². The number of aromatic nitrogens is 1. The minimum Gasteiger partial charge on any atom is -0.497 e. The van der Waals surface area contributed by atoms with Crippen molar-refractivity contribution in [1.82, 2.24) is 4.98 Å². The maximum atomic E-state index is 13.7. The lowest BCUT2D eigenvalue weighted by Gasteiger charge is -2.19. The zero-order valence-electron chi connectivity index (χ0n) is 20.4. The molecule has 0 aliphatic rings. The second-order valence-electron chi connectivity index (χ2n) is 8.50. The Hall–Kier alpha value is -4.49. The molecule has 0 aliphatic carbocycles. The number of hydrogen-bond acceptors (Lipinski definition) is 5. The number of para-hydroxylation sites is 1. The number of carbonyl (C=O) groups excluding carboxylic acids is 2. The van der Waals surface area contributed by atoms with Crippen molar-refractivity contribution in [2.45, 2.75) is 6.10 Å². The molecule has 5 aromatic rings. The van der Waals surface area contributed by atoms with Crippen molar-refractivity contribution in [3.05, 3.63) is 125 Å². The number of hydrogen-bond donors (Lipinski definition) is 1. The number of nitrogens with one attached hydrogen (secondary N) is 1. The van der Waals surface area contributed by atoms with Crippen LogP contribution in [0.2, 0.25) is 0 Å². The molecule has 0 bridgehead atoms. The SMILES string of the molecule is COc1cccc(NC(=O)C(OC(=O)c2cc(-c3cccc(Br)c3)nc3ccccc23)c2ccccc2)c1. The number of pyridine rings is 1. The summed E-state index contributed by atoms with van der Waals surface area (Å²) in [5.41, 5.74) is 3.50. The zero-order valence-corrected chi connectivity index (χ0v) is 22.0. The molecule has 0 spiro atoms. The molecule has 0 saturated carbocycles. The first-order valence-corrected chi connectivity index (χ1v) is 12.7. The number of nitrogens with zero attached hydrogens (tertiary/aromatic N) is 1. The molecular weight excluding hydrogens is 544 g/mol. The third-order valence-corrected chi connectivity index (χ3v) is 6.45. The molecule has 38 heavy (non-hydrogen) atoms. The van der Waals surface area contributed by atoms with Crippen LogP contribution in [0.1, 0.15) is 22.0 Å². The van der Waals surface area contributed by atoms with Crippen LogP contribution < -0.4 is 10.1 Å². The highest BCUT2D eigenvalue weighted by atomic mass is 79.9. The lowest BCUT2D eigenvalue weighted by Crippen LogP contribution is -2.26. The summed E-state index contributed by atoms with van der Waals surface area (Å²) < 4.78 is 12.1. The highest BCUT2D eigenvalue weighted by Crippen LogP contribution is 2.29. The summed E-state index contributed by atoms with van der Waals surface area (Å²) in [4.78, 5) is 31.9. The molecular formula is C31H23BrN2O4. The van der Waals surface area contributed by atoms with Crippen LogP contribution >= 0.6 is 15.9 Å².